The molecule has 0 spiro atoms. The zero-order chi connectivity index (χ0) is 9.26. The van der Waals surface area contributed by atoms with Crippen molar-refractivity contribution in [3.05, 3.63) is 29.3 Å². The third-order valence-corrected chi connectivity index (χ3v) is 2.77. The molecule has 0 radical (unpaired) electrons. The third-order valence-electron chi connectivity index (χ3n) is 2.26. The largest absolute Gasteiger partial charge is 0.384 e. The van der Waals surface area contributed by atoms with E-state index in [2.05, 4.69) is 21.2 Å². The zero-order valence-corrected chi connectivity index (χ0v) is 8.73. The number of hydrogen-bond acceptors (Lipinski definition) is 2. The second kappa shape index (κ2) is 3.50. The summed E-state index contributed by atoms with van der Waals surface area (Å²) in [6, 6.07) is 5.85. The van der Waals surface area contributed by atoms with E-state index >= 15 is 0 Å². The first-order valence-corrected chi connectivity index (χ1v) is 5.39. The number of benzene rings is 1. The van der Waals surface area contributed by atoms with Crippen LogP contribution in [0, 0.1) is 0 Å². The Bertz CT molecular complexity index is 349. The first kappa shape index (κ1) is 8.75. The molecule has 1 heterocycles. The maximum absolute atomic E-state index is 11.3. The van der Waals surface area contributed by atoms with Crippen LogP contribution >= 0.6 is 15.9 Å². The normalized spacial score (nSPS) is 13.6. The van der Waals surface area contributed by atoms with Crippen molar-refractivity contribution in [2.24, 2.45) is 0 Å². The molecule has 1 N–H and O–H groups in total. The van der Waals surface area contributed by atoms with Crippen LogP contribution in [0.2, 0.25) is 0 Å². The van der Waals surface area contributed by atoms with E-state index in [1.807, 2.05) is 18.2 Å². The van der Waals surface area contributed by atoms with Gasteiger partial charge in [-0.05, 0) is 30.2 Å². The second-order valence-corrected chi connectivity index (χ2v) is 3.67. The minimum atomic E-state index is 0.148. The Hall–Kier alpha value is -0.830. The lowest BCUT2D eigenvalue weighted by Gasteiger charge is -2.01. The number of rotatable bonds is 2. The molecule has 2 nitrogen and oxygen atoms in total. The maximum atomic E-state index is 11.3. The van der Waals surface area contributed by atoms with E-state index in [0.717, 1.165) is 18.5 Å². The molecule has 0 fully saturated rings. The van der Waals surface area contributed by atoms with Crippen molar-refractivity contribution in [3.8, 4) is 0 Å². The second-order valence-electron chi connectivity index (χ2n) is 3.11. The van der Waals surface area contributed by atoms with Gasteiger partial charge in [0.25, 0.3) is 0 Å². The van der Waals surface area contributed by atoms with Gasteiger partial charge in [0.2, 0.25) is 0 Å². The number of anilines is 1. The number of ketones is 1. The van der Waals surface area contributed by atoms with Crippen LogP contribution in [0.15, 0.2) is 18.2 Å². The van der Waals surface area contributed by atoms with Crippen molar-refractivity contribution >= 4 is 27.4 Å². The first-order valence-electron chi connectivity index (χ1n) is 4.27. The van der Waals surface area contributed by atoms with E-state index in [1.165, 1.54) is 11.3 Å². The summed E-state index contributed by atoms with van der Waals surface area (Å²) in [4.78, 5) is 11.3. The molecule has 0 saturated heterocycles. The minimum Gasteiger partial charge on any atom is -0.384 e. The molecule has 3 heteroatoms. The van der Waals surface area contributed by atoms with Crippen LogP contribution in [-0.4, -0.2) is 17.7 Å². The fourth-order valence-electron chi connectivity index (χ4n) is 1.56. The van der Waals surface area contributed by atoms with Gasteiger partial charge in [-0.1, -0.05) is 15.9 Å². The average Bonchev–Trinajstić information content (AvgIpc) is 2.63. The summed E-state index contributed by atoms with van der Waals surface area (Å²) >= 11 is 3.17. The predicted molar refractivity (Wildman–Crippen MR) is 56.8 cm³/mol. The molecule has 0 bridgehead atoms. The highest BCUT2D eigenvalue weighted by molar-refractivity contribution is 9.09. The monoisotopic (exact) mass is 239 g/mol. The number of fused-ring (bicyclic) bond motifs is 1. The fourth-order valence-corrected chi connectivity index (χ4v) is 1.88. The molecule has 0 aromatic heterocycles. The molecule has 68 valence electrons. The highest BCUT2D eigenvalue weighted by Gasteiger charge is 2.12. The molecule has 0 unspecified atom stereocenters. The van der Waals surface area contributed by atoms with Gasteiger partial charge in [0.05, 0.1) is 5.33 Å². The molecule has 2 rings (SSSR count). The Balaban J connectivity index is 2.36. The van der Waals surface area contributed by atoms with Gasteiger partial charge in [0, 0.05) is 17.8 Å². The Kier molecular flexibility index (Phi) is 2.36. The van der Waals surface area contributed by atoms with E-state index in [0.29, 0.717) is 5.33 Å². The van der Waals surface area contributed by atoms with E-state index in [9.17, 15) is 4.79 Å². The highest BCUT2D eigenvalue weighted by atomic mass is 79.9. The Morgan fingerprint density at radius 2 is 2.38 bits per heavy atom. The quantitative estimate of drug-likeness (QED) is 0.634. The summed E-state index contributed by atoms with van der Waals surface area (Å²) in [5.74, 6) is 0.148. The molecule has 0 atom stereocenters. The zero-order valence-electron chi connectivity index (χ0n) is 7.14. The Morgan fingerprint density at radius 1 is 1.54 bits per heavy atom. The number of nitrogens with one attached hydrogen (secondary N) is 1. The van der Waals surface area contributed by atoms with Gasteiger partial charge in [-0.15, -0.1) is 0 Å². The van der Waals surface area contributed by atoms with Crippen molar-refractivity contribution in [3.63, 3.8) is 0 Å². The molecule has 1 aromatic carbocycles. The van der Waals surface area contributed by atoms with Crippen LogP contribution < -0.4 is 5.32 Å². The van der Waals surface area contributed by atoms with Crippen molar-refractivity contribution in [1.82, 2.24) is 0 Å². The molecule has 0 amide bonds. The summed E-state index contributed by atoms with van der Waals surface area (Å²) in [7, 11) is 0. The van der Waals surface area contributed by atoms with E-state index in [1.54, 1.807) is 0 Å². The minimum absolute atomic E-state index is 0.148. The van der Waals surface area contributed by atoms with Crippen LogP contribution in [0.1, 0.15) is 15.9 Å². The smallest absolute Gasteiger partial charge is 0.173 e. The SMILES string of the molecule is O=C(CBr)c1ccc2c(c1)CCN2. The molecule has 1 aliphatic rings. The lowest BCUT2D eigenvalue weighted by molar-refractivity contribution is 0.102. The summed E-state index contributed by atoms with van der Waals surface area (Å²) in [6.45, 7) is 0.987. The summed E-state index contributed by atoms with van der Waals surface area (Å²) < 4.78 is 0. The number of carbonyl (C=O) groups is 1. The van der Waals surface area contributed by atoms with E-state index in [4.69, 9.17) is 0 Å². The van der Waals surface area contributed by atoms with Gasteiger partial charge in [0.15, 0.2) is 5.78 Å². The summed E-state index contributed by atoms with van der Waals surface area (Å²) in [5.41, 5.74) is 3.23. The van der Waals surface area contributed by atoms with Gasteiger partial charge < -0.3 is 5.32 Å². The van der Waals surface area contributed by atoms with Gasteiger partial charge in [-0.25, -0.2) is 0 Å². The Morgan fingerprint density at radius 3 is 3.15 bits per heavy atom. The van der Waals surface area contributed by atoms with E-state index in [-0.39, 0.29) is 5.78 Å². The number of carbonyl (C=O) groups excluding carboxylic acids is 1. The van der Waals surface area contributed by atoms with Gasteiger partial charge in [-0.2, -0.15) is 0 Å². The molecule has 1 aliphatic heterocycles. The van der Waals surface area contributed by atoms with Crippen LogP contribution in [0.5, 0.6) is 0 Å². The molecule has 0 aliphatic carbocycles. The van der Waals surface area contributed by atoms with Gasteiger partial charge >= 0.3 is 0 Å². The lowest BCUT2D eigenvalue weighted by Crippen LogP contribution is -2.00. The summed E-state index contributed by atoms with van der Waals surface area (Å²) in [6.07, 6.45) is 1.03. The topological polar surface area (TPSA) is 29.1 Å². The standard InChI is InChI=1S/C10H10BrNO/c11-6-10(13)8-1-2-9-7(5-8)3-4-12-9/h1-2,5,12H,3-4,6H2. The Labute approximate surface area is 85.5 Å². The van der Waals surface area contributed by atoms with Gasteiger partial charge in [-0.3, -0.25) is 4.79 Å². The summed E-state index contributed by atoms with van der Waals surface area (Å²) in [5, 5.41) is 3.66. The van der Waals surface area contributed by atoms with Crippen LogP contribution in [0.25, 0.3) is 0 Å². The number of Topliss-reactive ketones (excluding diaryl/α,β-unsaturated/α-hetero) is 1. The molecule has 13 heavy (non-hydrogen) atoms. The molecular weight excluding hydrogens is 230 g/mol. The molecule has 0 saturated carbocycles. The highest BCUT2D eigenvalue weighted by Crippen LogP contribution is 2.23. The predicted octanol–water partition coefficient (Wildman–Crippen LogP) is 2.23. The maximum Gasteiger partial charge on any atom is 0.173 e. The third kappa shape index (κ3) is 1.61. The first-order chi connectivity index (χ1) is 6.31. The molecule has 1 aromatic rings. The van der Waals surface area contributed by atoms with E-state index < -0.39 is 0 Å². The van der Waals surface area contributed by atoms with Crippen molar-refractivity contribution in [2.75, 3.05) is 17.2 Å². The number of alkyl halides is 1. The van der Waals surface area contributed by atoms with Crippen LogP contribution in [0.4, 0.5) is 5.69 Å². The van der Waals surface area contributed by atoms with Gasteiger partial charge in [0.1, 0.15) is 0 Å². The average molecular weight is 240 g/mol. The lowest BCUT2D eigenvalue weighted by atomic mass is 10.1. The van der Waals surface area contributed by atoms with Crippen molar-refractivity contribution in [1.29, 1.82) is 0 Å². The number of halogens is 1. The molecular formula is C10H10BrNO. The van der Waals surface area contributed by atoms with Crippen molar-refractivity contribution < 1.29 is 4.79 Å². The van der Waals surface area contributed by atoms with Crippen LogP contribution in [-0.2, 0) is 6.42 Å². The fraction of sp³-hybridized carbons (Fsp3) is 0.300. The van der Waals surface area contributed by atoms with Crippen LogP contribution in [0.3, 0.4) is 0 Å². The van der Waals surface area contributed by atoms with Crippen molar-refractivity contribution in [2.45, 2.75) is 6.42 Å². The number of hydrogen-bond donors (Lipinski definition) is 1.